The van der Waals surface area contributed by atoms with Crippen LogP contribution in [0, 0.1) is 11.8 Å². The number of hydrogen-bond acceptors (Lipinski definition) is 5. The van der Waals surface area contributed by atoms with Crippen LogP contribution in [0.4, 0.5) is 0 Å². The molecule has 0 fully saturated rings. The van der Waals surface area contributed by atoms with Crippen molar-refractivity contribution in [3.63, 3.8) is 0 Å². The van der Waals surface area contributed by atoms with Gasteiger partial charge in [0.05, 0.1) is 6.04 Å². The minimum absolute atomic E-state index is 0.0756. The lowest BCUT2D eigenvalue weighted by Crippen LogP contribution is -2.59. The molecule has 0 spiro atoms. The number of carbonyl (C=O) groups is 3. The van der Waals surface area contributed by atoms with Crippen molar-refractivity contribution >= 4 is 17.7 Å². The molecule has 0 saturated carbocycles. The molecule has 0 aliphatic carbocycles. The standard InChI is InChI=1S/C28H40N4O4/c1-5-18(3)24(29)27(35)31-23(16-20-12-14-22(33)15-13-20)28(36)32(17-21-10-8-7-9-11-21)25(26(30)34)19(4)6-2/h7-15,18-19,23-25,33H,5-6,16-17,29H2,1-4H3,(H2,30,34)(H,31,35). The number of hydrogen-bond donors (Lipinski definition) is 4. The van der Waals surface area contributed by atoms with Crippen LogP contribution in [0.3, 0.4) is 0 Å². The maximum Gasteiger partial charge on any atom is 0.246 e. The van der Waals surface area contributed by atoms with Gasteiger partial charge in [0.2, 0.25) is 17.7 Å². The first-order valence-corrected chi connectivity index (χ1v) is 12.6. The fourth-order valence-electron chi connectivity index (χ4n) is 4.11. The molecule has 0 bridgehead atoms. The quantitative estimate of drug-likeness (QED) is 0.338. The molecule has 3 amide bonds. The number of nitrogens with one attached hydrogen (secondary N) is 1. The Labute approximate surface area is 214 Å². The van der Waals surface area contributed by atoms with E-state index in [2.05, 4.69) is 5.32 Å². The first-order chi connectivity index (χ1) is 17.1. The van der Waals surface area contributed by atoms with Crippen molar-refractivity contribution in [1.82, 2.24) is 10.2 Å². The first-order valence-electron chi connectivity index (χ1n) is 12.6. The zero-order valence-corrected chi connectivity index (χ0v) is 21.7. The van der Waals surface area contributed by atoms with Gasteiger partial charge in [0.25, 0.3) is 0 Å². The fourth-order valence-corrected chi connectivity index (χ4v) is 4.11. The second kappa shape index (κ2) is 13.6. The SMILES string of the molecule is CCC(C)C(N)C(=O)NC(Cc1ccc(O)cc1)C(=O)N(Cc1ccccc1)C(C(N)=O)C(C)CC. The molecule has 5 atom stereocenters. The van der Waals surface area contributed by atoms with Crippen LogP contribution >= 0.6 is 0 Å². The average Bonchev–Trinajstić information content (AvgIpc) is 2.87. The van der Waals surface area contributed by atoms with Crippen LogP contribution in [-0.4, -0.2) is 45.9 Å². The number of rotatable bonds is 13. The average molecular weight is 497 g/mol. The molecular formula is C28H40N4O4. The summed E-state index contributed by atoms with van der Waals surface area (Å²) in [4.78, 5) is 41.2. The van der Waals surface area contributed by atoms with E-state index < -0.39 is 35.8 Å². The van der Waals surface area contributed by atoms with Crippen LogP contribution in [0.25, 0.3) is 0 Å². The van der Waals surface area contributed by atoms with E-state index in [-0.39, 0.29) is 30.6 Å². The molecule has 2 aromatic carbocycles. The summed E-state index contributed by atoms with van der Waals surface area (Å²) in [7, 11) is 0. The number of primary amides is 1. The molecule has 196 valence electrons. The topological polar surface area (TPSA) is 139 Å². The molecule has 0 radical (unpaired) electrons. The van der Waals surface area contributed by atoms with Crippen LogP contribution in [0.1, 0.15) is 51.7 Å². The zero-order chi connectivity index (χ0) is 26.8. The molecule has 0 saturated heterocycles. The van der Waals surface area contributed by atoms with Gasteiger partial charge in [-0.15, -0.1) is 0 Å². The Kier molecular flexibility index (Phi) is 10.9. The van der Waals surface area contributed by atoms with Gasteiger partial charge in [-0.1, -0.05) is 83.0 Å². The highest BCUT2D eigenvalue weighted by molar-refractivity contribution is 5.93. The number of phenols is 1. The predicted molar refractivity (Wildman–Crippen MR) is 141 cm³/mol. The molecule has 8 nitrogen and oxygen atoms in total. The third-order valence-corrected chi connectivity index (χ3v) is 6.84. The van der Waals surface area contributed by atoms with Gasteiger partial charge in [-0.3, -0.25) is 14.4 Å². The first kappa shape index (κ1) is 28.8. The molecule has 0 aromatic heterocycles. The van der Waals surface area contributed by atoms with E-state index in [1.165, 1.54) is 17.0 Å². The van der Waals surface area contributed by atoms with E-state index in [0.717, 1.165) is 11.1 Å². The molecule has 8 heteroatoms. The maximum atomic E-state index is 14.1. The van der Waals surface area contributed by atoms with Crippen LogP contribution < -0.4 is 16.8 Å². The summed E-state index contributed by atoms with van der Waals surface area (Å²) in [6.07, 6.45) is 1.51. The van der Waals surface area contributed by atoms with Crippen molar-refractivity contribution in [2.24, 2.45) is 23.3 Å². The molecule has 2 rings (SSSR count). The molecule has 2 aromatic rings. The summed E-state index contributed by atoms with van der Waals surface area (Å²) in [6, 6.07) is 13.2. The van der Waals surface area contributed by atoms with Gasteiger partial charge in [-0.2, -0.15) is 0 Å². The summed E-state index contributed by atoms with van der Waals surface area (Å²) in [5.74, 6) is -1.61. The minimum atomic E-state index is -0.980. The third kappa shape index (κ3) is 7.81. The number of carbonyl (C=O) groups excluding carboxylic acids is 3. The summed E-state index contributed by atoms with van der Waals surface area (Å²) in [5, 5.41) is 12.5. The Bertz CT molecular complexity index is 996. The molecule has 0 heterocycles. The Morgan fingerprint density at radius 1 is 0.917 bits per heavy atom. The number of phenolic OH excluding ortho intramolecular Hbond substituents is 1. The number of benzene rings is 2. The monoisotopic (exact) mass is 496 g/mol. The van der Waals surface area contributed by atoms with Crippen LogP contribution in [0.5, 0.6) is 5.75 Å². The van der Waals surface area contributed by atoms with Gasteiger partial charge in [-0.25, -0.2) is 0 Å². The number of aromatic hydroxyl groups is 1. The van der Waals surface area contributed by atoms with E-state index in [1.807, 2.05) is 58.0 Å². The van der Waals surface area contributed by atoms with Gasteiger partial charge in [0.15, 0.2) is 0 Å². The molecule has 0 aliphatic rings. The van der Waals surface area contributed by atoms with Crippen molar-refractivity contribution in [2.75, 3.05) is 0 Å². The molecule has 36 heavy (non-hydrogen) atoms. The van der Waals surface area contributed by atoms with E-state index >= 15 is 0 Å². The summed E-state index contributed by atoms with van der Waals surface area (Å²) < 4.78 is 0. The Balaban J connectivity index is 2.48. The Morgan fingerprint density at radius 2 is 1.50 bits per heavy atom. The molecular weight excluding hydrogens is 456 g/mol. The van der Waals surface area contributed by atoms with Crippen molar-refractivity contribution in [3.8, 4) is 5.75 Å². The normalized spacial score (nSPS) is 15.2. The second-order valence-electron chi connectivity index (χ2n) is 9.53. The van der Waals surface area contributed by atoms with E-state index in [1.54, 1.807) is 12.1 Å². The lowest BCUT2D eigenvalue weighted by atomic mass is 9.94. The van der Waals surface area contributed by atoms with E-state index in [9.17, 15) is 19.5 Å². The molecule has 5 unspecified atom stereocenters. The minimum Gasteiger partial charge on any atom is -0.508 e. The van der Waals surface area contributed by atoms with E-state index in [0.29, 0.717) is 12.8 Å². The molecule has 6 N–H and O–H groups in total. The highest BCUT2D eigenvalue weighted by Crippen LogP contribution is 2.21. The number of amides is 3. The van der Waals surface area contributed by atoms with Gasteiger partial charge >= 0.3 is 0 Å². The number of nitrogens with two attached hydrogens (primary N) is 2. The zero-order valence-electron chi connectivity index (χ0n) is 21.7. The Hall–Kier alpha value is -3.39. The van der Waals surface area contributed by atoms with Crippen molar-refractivity contribution in [3.05, 3.63) is 65.7 Å². The highest BCUT2D eigenvalue weighted by Gasteiger charge is 2.37. The van der Waals surface area contributed by atoms with Gasteiger partial charge < -0.3 is 26.8 Å². The lowest BCUT2D eigenvalue weighted by Gasteiger charge is -2.36. The van der Waals surface area contributed by atoms with Crippen LogP contribution in [0.15, 0.2) is 54.6 Å². The van der Waals surface area contributed by atoms with Crippen LogP contribution in [-0.2, 0) is 27.3 Å². The summed E-state index contributed by atoms with van der Waals surface area (Å²) >= 11 is 0. The second-order valence-corrected chi connectivity index (χ2v) is 9.53. The Morgan fingerprint density at radius 3 is 2.03 bits per heavy atom. The highest BCUT2D eigenvalue weighted by atomic mass is 16.3. The maximum absolute atomic E-state index is 14.1. The van der Waals surface area contributed by atoms with Crippen molar-refractivity contribution in [2.45, 2.75) is 71.6 Å². The largest absolute Gasteiger partial charge is 0.508 e. The number of nitrogens with zero attached hydrogens (tertiary/aromatic N) is 1. The van der Waals surface area contributed by atoms with Crippen molar-refractivity contribution in [1.29, 1.82) is 0 Å². The van der Waals surface area contributed by atoms with Crippen molar-refractivity contribution < 1.29 is 19.5 Å². The van der Waals surface area contributed by atoms with Gasteiger partial charge in [0.1, 0.15) is 17.8 Å². The lowest BCUT2D eigenvalue weighted by molar-refractivity contribution is -0.145. The summed E-state index contributed by atoms with van der Waals surface area (Å²) in [6.45, 7) is 7.81. The summed E-state index contributed by atoms with van der Waals surface area (Å²) in [5.41, 5.74) is 13.6. The van der Waals surface area contributed by atoms with Gasteiger partial charge in [0, 0.05) is 13.0 Å². The van der Waals surface area contributed by atoms with E-state index in [4.69, 9.17) is 11.5 Å². The fraction of sp³-hybridized carbons (Fsp3) is 0.464. The van der Waals surface area contributed by atoms with Gasteiger partial charge in [-0.05, 0) is 35.1 Å². The third-order valence-electron chi connectivity index (χ3n) is 6.84. The smallest absolute Gasteiger partial charge is 0.246 e. The molecule has 0 aliphatic heterocycles. The van der Waals surface area contributed by atoms with Crippen LogP contribution in [0.2, 0.25) is 0 Å². The predicted octanol–water partition coefficient (Wildman–Crippen LogP) is 2.72.